The molecule has 0 saturated carbocycles. The summed E-state index contributed by atoms with van der Waals surface area (Å²) in [5, 5.41) is 11.9. The van der Waals surface area contributed by atoms with E-state index in [4.69, 9.17) is 4.98 Å². The van der Waals surface area contributed by atoms with Crippen molar-refractivity contribution in [3.8, 4) is 22.5 Å². The molecule has 1 amide bonds. The molecule has 5 rings (SSSR count). The van der Waals surface area contributed by atoms with Crippen molar-refractivity contribution in [2.24, 2.45) is 0 Å². The molecule has 1 N–H and O–H groups in total. The highest BCUT2D eigenvalue weighted by Gasteiger charge is 2.20. The molecule has 0 radical (unpaired) electrons. The Labute approximate surface area is 189 Å². The number of hydrogen-bond donors (Lipinski definition) is 1. The van der Waals surface area contributed by atoms with Crippen molar-refractivity contribution in [3.63, 3.8) is 0 Å². The summed E-state index contributed by atoms with van der Waals surface area (Å²) >= 11 is 1.25. The van der Waals surface area contributed by atoms with Crippen LogP contribution in [-0.4, -0.2) is 32.6 Å². The van der Waals surface area contributed by atoms with Crippen molar-refractivity contribution >= 4 is 29.1 Å². The molecule has 32 heavy (non-hydrogen) atoms. The SMILES string of the molecule is O=C1Cc2cc(C(=O)CSc3nnc(-c4ccccc4)c(-c4ccccc4)n3)ccc2N1. The first-order chi connectivity index (χ1) is 15.7. The van der Waals surface area contributed by atoms with Crippen LogP contribution in [0.3, 0.4) is 0 Å². The van der Waals surface area contributed by atoms with Crippen LogP contribution in [0.25, 0.3) is 22.5 Å². The number of Topliss-reactive ketones (excluding diaryl/α,β-unsaturated/α-hetero) is 1. The third-order valence-electron chi connectivity index (χ3n) is 5.15. The average Bonchev–Trinajstić information content (AvgIpc) is 3.22. The topological polar surface area (TPSA) is 84.8 Å². The van der Waals surface area contributed by atoms with Crippen LogP contribution in [0.2, 0.25) is 0 Å². The number of aromatic nitrogens is 3. The zero-order chi connectivity index (χ0) is 21.9. The number of anilines is 1. The highest BCUT2D eigenvalue weighted by atomic mass is 32.2. The van der Waals surface area contributed by atoms with Crippen LogP contribution in [0.5, 0.6) is 0 Å². The summed E-state index contributed by atoms with van der Waals surface area (Å²) in [6.07, 6.45) is 0.304. The Morgan fingerprint density at radius 1 is 0.875 bits per heavy atom. The number of carbonyl (C=O) groups excluding carboxylic acids is 2. The fourth-order valence-electron chi connectivity index (χ4n) is 3.58. The first kappa shape index (κ1) is 20.1. The molecule has 0 saturated heterocycles. The second-order valence-corrected chi connectivity index (χ2v) is 8.27. The van der Waals surface area contributed by atoms with Crippen molar-refractivity contribution in [1.29, 1.82) is 0 Å². The molecule has 6 nitrogen and oxygen atoms in total. The van der Waals surface area contributed by atoms with E-state index < -0.39 is 0 Å². The molecule has 1 aromatic heterocycles. The molecule has 3 aromatic carbocycles. The van der Waals surface area contributed by atoms with E-state index in [2.05, 4.69) is 15.5 Å². The smallest absolute Gasteiger partial charge is 0.228 e. The van der Waals surface area contributed by atoms with E-state index in [1.165, 1.54) is 11.8 Å². The number of rotatable bonds is 6. The molecule has 1 aliphatic rings. The zero-order valence-corrected chi connectivity index (χ0v) is 17.8. The summed E-state index contributed by atoms with van der Waals surface area (Å²) in [6, 6.07) is 24.9. The van der Waals surface area contributed by atoms with E-state index >= 15 is 0 Å². The number of carbonyl (C=O) groups is 2. The monoisotopic (exact) mass is 438 g/mol. The maximum Gasteiger partial charge on any atom is 0.228 e. The Morgan fingerprint density at radius 3 is 2.28 bits per heavy atom. The van der Waals surface area contributed by atoms with Gasteiger partial charge in [0.1, 0.15) is 11.4 Å². The summed E-state index contributed by atoms with van der Waals surface area (Å²) in [7, 11) is 0. The van der Waals surface area contributed by atoms with Crippen LogP contribution in [0.1, 0.15) is 15.9 Å². The second kappa shape index (κ2) is 8.72. The lowest BCUT2D eigenvalue weighted by molar-refractivity contribution is -0.115. The minimum atomic E-state index is -0.0506. The molecule has 7 heteroatoms. The minimum Gasteiger partial charge on any atom is -0.326 e. The van der Waals surface area contributed by atoms with Crippen molar-refractivity contribution in [1.82, 2.24) is 15.2 Å². The largest absolute Gasteiger partial charge is 0.326 e. The van der Waals surface area contributed by atoms with Gasteiger partial charge in [-0.2, -0.15) is 0 Å². The number of fused-ring (bicyclic) bond motifs is 1. The Hall–Kier alpha value is -3.84. The van der Waals surface area contributed by atoms with Gasteiger partial charge in [-0.25, -0.2) is 4.98 Å². The van der Waals surface area contributed by atoms with Crippen LogP contribution in [0.15, 0.2) is 84.0 Å². The summed E-state index contributed by atoms with van der Waals surface area (Å²) in [5.41, 5.74) is 5.49. The summed E-state index contributed by atoms with van der Waals surface area (Å²) in [4.78, 5) is 29.0. The lowest BCUT2D eigenvalue weighted by Crippen LogP contribution is -2.05. The van der Waals surface area contributed by atoms with Gasteiger partial charge in [0.15, 0.2) is 5.78 Å². The Bertz CT molecular complexity index is 1310. The lowest BCUT2D eigenvalue weighted by Gasteiger charge is -2.09. The van der Waals surface area contributed by atoms with Gasteiger partial charge in [-0.1, -0.05) is 72.4 Å². The highest BCUT2D eigenvalue weighted by Crippen LogP contribution is 2.30. The molecule has 0 unspecified atom stereocenters. The lowest BCUT2D eigenvalue weighted by atomic mass is 10.0. The minimum absolute atomic E-state index is 0.0471. The normalized spacial score (nSPS) is 12.3. The van der Waals surface area contributed by atoms with Crippen molar-refractivity contribution < 1.29 is 9.59 Å². The van der Waals surface area contributed by atoms with E-state index in [0.29, 0.717) is 22.8 Å². The van der Waals surface area contributed by atoms with Crippen LogP contribution in [-0.2, 0) is 11.2 Å². The van der Waals surface area contributed by atoms with Gasteiger partial charge >= 0.3 is 0 Å². The number of nitrogens with zero attached hydrogens (tertiary/aromatic N) is 3. The third-order valence-corrected chi connectivity index (χ3v) is 5.98. The van der Waals surface area contributed by atoms with Crippen molar-refractivity contribution in [2.45, 2.75) is 11.6 Å². The predicted octanol–water partition coefficient (Wildman–Crippen LogP) is 4.68. The molecule has 2 heterocycles. The third kappa shape index (κ3) is 4.15. The van der Waals surface area contributed by atoms with Gasteiger partial charge in [-0.15, -0.1) is 10.2 Å². The van der Waals surface area contributed by atoms with Gasteiger partial charge in [-0.3, -0.25) is 9.59 Å². The van der Waals surface area contributed by atoms with Crippen LogP contribution < -0.4 is 5.32 Å². The van der Waals surface area contributed by atoms with Gasteiger partial charge in [-0.05, 0) is 23.8 Å². The molecule has 0 bridgehead atoms. The Balaban J connectivity index is 1.39. The number of ketones is 1. The zero-order valence-electron chi connectivity index (χ0n) is 17.0. The number of nitrogens with one attached hydrogen (secondary N) is 1. The number of hydrogen-bond acceptors (Lipinski definition) is 6. The van der Waals surface area contributed by atoms with Gasteiger partial charge in [0.25, 0.3) is 0 Å². The predicted molar refractivity (Wildman–Crippen MR) is 125 cm³/mol. The van der Waals surface area contributed by atoms with Crippen LogP contribution in [0, 0.1) is 0 Å². The number of benzene rings is 3. The van der Waals surface area contributed by atoms with Crippen LogP contribution in [0.4, 0.5) is 5.69 Å². The molecule has 156 valence electrons. The highest BCUT2D eigenvalue weighted by molar-refractivity contribution is 7.99. The molecule has 1 aliphatic heterocycles. The van der Waals surface area contributed by atoms with E-state index in [0.717, 1.165) is 28.1 Å². The van der Waals surface area contributed by atoms with Crippen LogP contribution >= 0.6 is 11.8 Å². The van der Waals surface area contributed by atoms with Gasteiger partial charge in [0.05, 0.1) is 12.2 Å². The summed E-state index contributed by atoms with van der Waals surface area (Å²) in [6.45, 7) is 0. The molecule has 0 aliphatic carbocycles. The first-order valence-electron chi connectivity index (χ1n) is 10.1. The Morgan fingerprint density at radius 2 is 1.56 bits per heavy atom. The molecular weight excluding hydrogens is 420 g/mol. The summed E-state index contributed by atoms with van der Waals surface area (Å²) < 4.78 is 0. The van der Waals surface area contributed by atoms with E-state index in [1.807, 2.05) is 60.7 Å². The van der Waals surface area contributed by atoms with E-state index in [1.54, 1.807) is 18.2 Å². The average molecular weight is 439 g/mol. The van der Waals surface area contributed by atoms with E-state index in [9.17, 15) is 9.59 Å². The second-order valence-electron chi connectivity index (χ2n) is 7.33. The molecule has 0 spiro atoms. The van der Waals surface area contributed by atoms with Gasteiger partial charge in [0, 0.05) is 22.4 Å². The molecule has 0 fully saturated rings. The fourth-order valence-corrected chi connectivity index (χ4v) is 4.26. The van der Waals surface area contributed by atoms with Gasteiger partial charge < -0.3 is 5.32 Å². The molecule has 4 aromatic rings. The standard InChI is InChI=1S/C25H18N4O2S/c30-21(18-11-12-20-19(13-18)14-22(31)26-20)15-32-25-27-23(16-7-3-1-4-8-16)24(28-29-25)17-9-5-2-6-10-17/h1-13H,14-15H2,(H,26,31). The maximum atomic E-state index is 12.7. The van der Waals surface area contributed by atoms with Crippen molar-refractivity contribution in [3.05, 3.63) is 90.0 Å². The number of amides is 1. The van der Waals surface area contributed by atoms with E-state index in [-0.39, 0.29) is 17.4 Å². The van der Waals surface area contributed by atoms with Crippen molar-refractivity contribution in [2.75, 3.05) is 11.1 Å². The fraction of sp³-hybridized carbons (Fsp3) is 0.0800. The number of thioether (sulfide) groups is 1. The summed E-state index contributed by atoms with van der Waals surface area (Å²) in [5.74, 6) is 0.0837. The Kier molecular flexibility index (Phi) is 5.47. The molecular formula is C25H18N4O2S. The molecule has 0 atom stereocenters. The quantitative estimate of drug-likeness (QED) is 0.348. The first-order valence-corrected chi connectivity index (χ1v) is 11.1. The maximum absolute atomic E-state index is 12.7. The van der Waals surface area contributed by atoms with Gasteiger partial charge in [0.2, 0.25) is 11.1 Å².